The Bertz CT molecular complexity index is 182. The van der Waals surface area contributed by atoms with Crippen LogP contribution in [0.4, 0.5) is 0 Å². The second-order valence-electron chi connectivity index (χ2n) is 2.65. The largest absolute Gasteiger partial charge is 0.374 e. The minimum absolute atomic E-state index is 0.0741. The molecule has 0 N–H and O–H groups in total. The summed E-state index contributed by atoms with van der Waals surface area (Å²) in [5, 5.41) is 0. The second kappa shape index (κ2) is 3.69. The Hall–Kier alpha value is -0.600. The molecule has 0 aromatic heterocycles. The van der Waals surface area contributed by atoms with Gasteiger partial charge in [0.15, 0.2) is 0 Å². The topological polar surface area (TPSA) is 18.5 Å². The zero-order valence-electron chi connectivity index (χ0n) is 7.20. The first-order valence-corrected chi connectivity index (χ1v) is 3.70. The first kappa shape index (κ1) is 8.50. The van der Waals surface area contributed by atoms with E-state index in [1.54, 1.807) is 14.2 Å². The van der Waals surface area contributed by atoms with Crippen LogP contribution in [0.1, 0.15) is 6.92 Å². The van der Waals surface area contributed by atoms with E-state index in [4.69, 9.17) is 9.47 Å². The van der Waals surface area contributed by atoms with E-state index < -0.39 is 0 Å². The summed E-state index contributed by atoms with van der Waals surface area (Å²) in [6.45, 7) is 2.05. The molecule has 0 unspecified atom stereocenters. The van der Waals surface area contributed by atoms with E-state index >= 15 is 0 Å². The molecule has 0 aromatic rings. The first-order chi connectivity index (χ1) is 5.29. The summed E-state index contributed by atoms with van der Waals surface area (Å²) in [6, 6.07) is 0. The Morgan fingerprint density at radius 3 is 2.45 bits per heavy atom. The molecular weight excluding hydrogens is 140 g/mol. The van der Waals surface area contributed by atoms with E-state index in [0.717, 1.165) is 0 Å². The van der Waals surface area contributed by atoms with Crippen LogP contribution in [-0.4, -0.2) is 26.4 Å². The van der Waals surface area contributed by atoms with Gasteiger partial charge in [-0.05, 0) is 12.5 Å². The predicted molar refractivity (Wildman–Crippen MR) is 44.5 cm³/mol. The molecule has 0 radical (unpaired) electrons. The van der Waals surface area contributed by atoms with Gasteiger partial charge in [0.2, 0.25) is 0 Å². The van der Waals surface area contributed by atoms with Crippen LogP contribution in [0.3, 0.4) is 0 Å². The highest BCUT2D eigenvalue weighted by molar-refractivity contribution is 5.24. The van der Waals surface area contributed by atoms with Crippen LogP contribution < -0.4 is 0 Å². The van der Waals surface area contributed by atoms with Crippen molar-refractivity contribution in [2.45, 2.75) is 19.1 Å². The highest BCUT2D eigenvalue weighted by atomic mass is 16.5. The number of hydrogen-bond acceptors (Lipinski definition) is 2. The lowest BCUT2D eigenvalue weighted by Gasteiger charge is -2.25. The van der Waals surface area contributed by atoms with Gasteiger partial charge in [-0.15, -0.1) is 0 Å². The maximum Gasteiger partial charge on any atom is 0.108 e. The fourth-order valence-electron chi connectivity index (χ4n) is 1.29. The minimum atomic E-state index is 0.0741. The molecule has 0 aliphatic heterocycles. The molecule has 0 heterocycles. The fourth-order valence-corrected chi connectivity index (χ4v) is 1.29. The molecule has 0 spiro atoms. The molecule has 2 atom stereocenters. The number of allylic oxidation sites excluding steroid dienone is 2. The quantitative estimate of drug-likeness (QED) is 0.600. The van der Waals surface area contributed by atoms with Gasteiger partial charge in [0, 0.05) is 14.2 Å². The number of hydrogen-bond donors (Lipinski definition) is 0. The van der Waals surface area contributed by atoms with Gasteiger partial charge < -0.3 is 9.47 Å². The van der Waals surface area contributed by atoms with E-state index in [-0.39, 0.29) is 12.2 Å². The normalized spacial score (nSPS) is 30.3. The number of ether oxygens (including phenoxy) is 2. The smallest absolute Gasteiger partial charge is 0.108 e. The fraction of sp³-hybridized carbons (Fsp3) is 0.556. The maximum atomic E-state index is 5.26. The molecule has 0 aromatic carbocycles. The van der Waals surface area contributed by atoms with Crippen molar-refractivity contribution in [3.05, 3.63) is 23.8 Å². The predicted octanol–water partition coefficient (Wildman–Crippen LogP) is 1.53. The van der Waals surface area contributed by atoms with Crippen molar-refractivity contribution in [1.82, 2.24) is 0 Å². The number of rotatable bonds is 2. The first-order valence-electron chi connectivity index (χ1n) is 3.70. The van der Waals surface area contributed by atoms with Gasteiger partial charge in [0.1, 0.15) is 12.2 Å². The standard InChI is InChI=1S/C9H14O2/c1-7-5-4-6-8(10-2)9(7)11-3/h4-6,8-9H,1-3H3/t8-,9+/m1/s1. The lowest BCUT2D eigenvalue weighted by molar-refractivity contribution is 0.00769. The molecule has 0 saturated carbocycles. The van der Waals surface area contributed by atoms with Crippen molar-refractivity contribution in [3.8, 4) is 0 Å². The Kier molecular flexibility index (Phi) is 2.85. The van der Waals surface area contributed by atoms with E-state index in [0.29, 0.717) is 0 Å². The summed E-state index contributed by atoms with van der Waals surface area (Å²) in [4.78, 5) is 0. The highest BCUT2D eigenvalue weighted by Gasteiger charge is 2.21. The third-order valence-electron chi connectivity index (χ3n) is 1.93. The highest BCUT2D eigenvalue weighted by Crippen LogP contribution is 2.17. The third-order valence-corrected chi connectivity index (χ3v) is 1.93. The van der Waals surface area contributed by atoms with Crippen molar-refractivity contribution in [2.75, 3.05) is 14.2 Å². The monoisotopic (exact) mass is 154 g/mol. The zero-order chi connectivity index (χ0) is 8.27. The van der Waals surface area contributed by atoms with E-state index in [1.807, 2.05) is 25.2 Å². The van der Waals surface area contributed by atoms with Crippen LogP contribution in [-0.2, 0) is 9.47 Å². The van der Waals surface area contributed by atoms with Crippen LogP contribution in [0.25, 0.3) is 0 Å². The summed E-state index contributed by atoms with van der Waals surface area (Å²) in [5.74, 6) is 0. The molecule has 11 heavy (non-hydrogen) atoms. The van der Waals surface area contributed by atoms with Gasteiger partial charge in [0.25, 0.3) is 0 Å². The zero-order valence-corrected chi connectivity index (χ0v) is 7.20. The van der Waals surface area contributed by atoms with Gasteiger partial charge >= 0.3 is 0 Å². The van der Waals surface area contributed by atoms with Crippen molar-refractivity contribution in [3.63, 3.8) is 0 Å². The Morgan fingerprint density at radius 2 is 2.00 bits per heavy atom. The third kappa shape index (κ3) is 1.70. The van der Waals surface area contributed by atoms with Crippen LogP contribution in [0.5, 0.6) is 0 Å². The Labute approximate surface area is 67.5 Å². The van der Waals surface area contributed by atoms with Crippen LogP contribution >= 0.6 is 0 Å². The van der Waals surface area contributed by atoms with Gasteiger partial charge in [-0.3, -0.25) is 0 Å². The summed E-state index contributed by atoms with van der Waals surface area (Å²) < 4.78 is 10.5. The number of methoxy groups -OCH3 is 2. The van der Waals surface area contributed by atoms with Gasteiger partial charge in [-0.1, -0.05) is 18.2 Å². The van der Waals surface area contributed by atoms with Gasteiger partial charge in [-0.25, -0.2) is 0 Å². The molecule has 0 bridgehead atoms. The average molecular weight is 154 g/mol. The molecule has 1 aliphatic carbocycles. The lowest BCUT2D eigenvalue weighted by atomic mass is 10.0. The van der Waals surface area contributed by atoms with Crippen molar-refractivity contribution >= 4 is 0 Å². The average Bonchev–Trinajstić information content (AvgIpc) is 2.04. The van der Waals surface area contributed by atoms with E-state index in [9.17, 15) is 0 Å². The molecule has 1 aliphatic rings. The Balaban J connectivity index is 2.70. The molecule has 0 fully saturated rings. The maximum absolute atomic E-state index is 5.26. The van der Waals surface area contributed by atoms with E-state index in [1.165, 1.54) is 5.57 Å². The Morgan fingerprint density at radius 1 is 1.27 bits per heavy atom. The van der Waals surface area contributed by atoms with Crippen molar-refractivity contribution in [1.29, 1.82) is 0 Å². The molecule has 1 rings (SSSR count). The lowest BCUT2D eigenvalue weighted by Crippen LogP contribution is -2.30. The molecule has 62 valence electrons. The summed E-state index contributed by atoms with van der Waals surface area (Å²) >= 11 is 0. The summed E-state index contributed by atoms with van der Waals surface area (Å²) in [6.07, 6.45) is 6.21. The summed E-state index contributed by atoms with van der Waals surface area (Å²) in [5.41, 5.74) is 1.21. The van der Waals surface area contributed by atoms with Crippen LogP contribution in [0, 0.1) is 0 Å². The molecular formula is C9H14O2. The van der Waals surface area contributed by atoms with E-state index in [2.05, 4.69) is 0 Å². The van der Waals surface area contributed by atoms with Crippen molar-refractivity contribution in [2.24, 2.45) is 0 Å². The van der Waals surface area contributed by atoms with Crippen LogP contribution in [0.2, 0.25) is 0 Å². The molecule has 0 amide bonds. The van der Waals surface area contributed by atoms with Crippen molar-refractivity contribution < 1.29 is 9.47 Å². The van der Waals surface area contributed by atoms with Gasteiger partial charge in [0.05, 0.1) is 0 Å². The van der Waals surface area contributed by atoms with Gasteiger partial charge in [-0.2, -0.15) is 0 Å². The summed E-state index contributed by atoms with van der Waals surface area (Å²) in [7, 11) is 3.40. The second-order valence-corrected chi connectivity index (χ2v) is 2.65. The SMILES string of the molecule is CO[C@@H]1C=CC=C(C)[C@@H]1OC. The molecule has 2 nitrogen and oxygen atoms in total. The minimum Gasteiger partial charge on any atom is -0.374 e. The van der Waals surface area contributed by atoms with Crippen LogP contribution in [0.15, 0.2) is 23.8 Å². The molecule has 0 saturated heterocycles. The molecule has 2 heteroatoms.